The molecule has 0 spiro atoms. The number of nitrogens with one attached hydrogen (secondary N) is 1. The van der Waals surface area contributed by atoms with E-state index in [-0.39, 0.29) is 0 Å². The average Bonchev–Trinajstić information content (AvgIpc) is 2.76. The number of anilines is 2. The standard InChI is InChI=1S/C14H16ClN3O2S/c1-14(2,3)20-13(19)18-10-6-8(4-5-9(10)15)11-7-21-12(16)17-11/h4-7H,1-3H3,(H2,16,17)(H,18,19). The third kappa shape index (κ3) is 4.34. The molecule has 5 nitrogen and oxygen atoms in total. The van der Waals surface area contributed by atoms with Gasteiger partial charge in [0.2, 0.25) is 0 Å². The van der Waals surface area contributed by atoms with E-state index >= 15 is 0 Å². The van der Waals surface area contributed by atoms with E-state index in [9.17, 15) is 4.79 Å². The van der Waals surface area contributed by atoms with E-state index in [1.54, 1.807) is 32.9 Å². The van der Waals surface area contributed by atoms with Crippen molar-refractivity contribution in [3.8, 4) is 11.3 Å². The maximum Gasteiger partial charge on any atom is 0.412 e. The van der Waals surface area contributed by atoms with Gasteiger partial charge in [0, 0.05) is 10.9 Å². The van der Waals surface area contributed by atoms with Gasteiger partial charge >= 0.3 is 6.09 Å². The highest BCUT2D eigenvalue weighted by molar-refractivity contribution is 7.13. The summed E-state index contributed by atoms with van der Waals surface area (Å²) < 4.78 is 5.20. The third-order valence-electron chi connectivity index (χ3n) is 2.42. The largest absolute Gasteiger partial charge is 0.444 e. The van der Waals surface area contributed by atoms with Crippen LogP contribution in [-0.2, 0) is 4.74 Å². The Morgan fingerprint density at radius 3 is 2.71 bits per heavy atom. The van der Waals surface area contributed by atoms with E-state index in [2.05, 4.69) is 10.3 Å². The quantitative estimate of drug-likeness (QED) is 0.858. The van der Waals surface area contributed by atoms with Crippen LogP contribution >= 0.6 is 22.9 Å². The first-order valence-corrected chi connectivity index (χ1v) is 7.51. The fraction of sp³-hybridized carbons (Fsp3) is 0.286. The monoisotopic (exact) mass is 325 g/mol. The summed E-state index contributed by atoms with van der Waals surface area (Å²) in [6.45, 7) is 5.38. The molecule has 0 aliphatic rings. The summed E-state index contributed by atoms with van der Waals surface area (Å²) in [6, 6.07) is 5.25. The molecule has 1 heterocycles. The minimum absolute atomic E-state index is 0.424. The van der Waals surface area contributed by atoms with Gasteiger partial charge in [-0.05, 0) is 32.9 Å². The molecule has 0 aliphatic carbocycles. The number of aromatic nitrogens is 1. The van der Waals surface area contributed by atoms with Gasteiger partial charge in [-0.2, -0.15) is 0 Å². The second-order valence-electron chi connectivity index (χ2n) is 5.39. The molecular weight excluding hydrogens is 310 g/mol. The first kappa shape index (κ1) is 15.6. The number of carbonyl (C=O) groups is 1. The van der Waals surface area contributed by atoms with Crippen LogP contribution in [0.15, 0.2) is 23.6 Å². The zero-order chi connectivity index (χ0) is 15.6. The lowest BCUT2D eigenvalue weighted by Crippen LogP contribution is -2.27. The Hall–Kier alpha value is -1.79. The highest BCUT2D eigenvalue weighted by Crippen LogP contribution is 2.30. The minimum atomic E-state index is -0.572. The summed E-state index contributed by atoms with van der Waals surface area (Å²) in [6.07, 6.45) is -0.556. The van der Waals surface area contributed by atoms with Crippen molar-refractivity contribution in [3.05, 3.63) is 28.6 Å². The van der Waals surface area contributed by atoms with Crippen molar-refractivity contribution in [1.29, 1.82) is 0 Å². The van der Waals surface area contributed by atoms with Crippen molar-refractivity contribution < 1.29 is 9.53 Å². The molecule has 1 aromatic heterocycles. The molecule has 2 aromatic rings. The van der Waals surface area contributed by atoms with Crippen molar-refractivity contribution >= 4 is 39.8 Å². The zero-order valence-corrected chi connectivity index (χ0v) is 13.5. The Morgan fingerprint density at radius 1 is 1.43 bits per heavy atom. The zero-order valence-electron chi connectivity index (χ0n) is 11.9. The molecule has 0 unspecified atom stereocenters. The molecule has 0 aliphatic heterocycles. The molecule has 1 amide bonds. The Labute approximate surface area is 132 Å². The summed E-state index contributed by atoms with van der Waals surface area (Å²) in [5, 5.41) is 5.39. The number of thiazole rings is 1. The Morgan fingerprint density at radius 2 is 2.14 bits per heavy atom. The highest BCUT2D eigenvalue weighted by Gasteiger charge is 2.17. The normalized spacial score (nSPS) is 11.2. The summed E-state index contributed by atoms with van der Waals surface area (Å²) in [5.74, 6) is 0. The summed E-state index contributed by atoms with van der Waals surface area (Å²) in [7, 11) is 0. The lowest BCUT2D eigenvalue weighted by Gasteiger charge is -2.20. The van der Waals surface area contributed by atoms with E-state index in [1.807, 2.05) is 11.4 Å². The van der Waals surface area contributed by atoms with Crippen LogP contribution in [0.25, 0.3) is 11.3 Å². The van der Waals surface area contributed by atoms with Crippen LogP contribution in [0.5, 0.6) is 0 Å². The van der Waals surface area contributed by atoms with Gasteiger partial charge in [0.1, 0.15) is 5.60 Å². The van der Waals surface area contributed by atoms with Gasteiger partial charge in [-0.1, -0.05) is 17.7 Å². The van der Waals surface area contributed by atoms with Gasteiger partial charge in [-0.3, -0.25) is 5.32 Å². The van der Waals surface area contributed by atoms with Gasteiger partial charge in [-0.25, -0.2) is 9.78 Å². The number of carbonyl (C=O) groups excluding carboxylic acids is 1. The van der Waals surface area contributed by atoms with Crippen molar-refractivity contribution in [3.63, 3.8) is 0 Å². The topological polar surface area (TPSA) is 77.2 Å². The van der Waals surface area contributed by atoms with Crippen molar-refractivity contribution in [2.45, 2.75) is 26.4 Å². The first-order chi connectivity index (χ1) is 9.74. The van der Waals surface area contributed by atoms with Crippen molar-refractivity contribution in [2.24, 2.45) is 0 Å². The van der Waals surface area contributed by atoms with Crippen molar-refractivity contribution in [2.75, 3.05) is 11.1 Å². The number of hydrogen-bond acceptors (Lipinski definition) is 5. The molecule has 0 saturated carbocycles. The first-order valence-electron chi connectivity index (χ1n) is 6.25. The molecule has 0 atom stereocenters. The maximum absolute atomic E-state index is 11.8. The number of hydrogen-bond donors (Lipinski definition) is 2. The molecule has 0 bridgehead atoms. The van der Waals surface area contributed by atoms with Crippen LogP contribution in [0, 0.1) is 0 Å². The number of nitrogens with two attached hydrogens (primary N) is 1. The number of benzene rings is 1. The van der Waals surface area contributed by atoms with Gasteiger partial charge in [-0.15, -0.1) is 11.3 Å². The molecule has 112 valence electrons. The van der Waals surface area contributed by atoms with E-state index in [4.69, 9.17) is 22.1 Å². The van der Waals surface area contributed by atoms with E-state index in [0.29, 0.717) is 15.8 Å². The average molecular weight is 326 g/mol. The molecule has 3 N–H and O–H groups in total. The number of halogens is 1. The fourth-order valence-electron chi connectivity index (χ4n) is 1.61. The number of rotatable bonds is 2. The second kappa shape index (κ2) is 5.91. The molecule has 0 radical (unpaired) electrons. The van der Waals surface area contributed by atoms with Crippen LogP contribution in [0.1, 0.15) is 20.8 Å². The summed E-state index contributed by atoms with van der Waals surface area (Å²) >= 11 is 7.44. The SMILES string of the molecule is CC(C)(C)OC(=O)Nc1cc(-c2csc(N)n2)ccc1Cl. The lowest BCUT2D eigenvalue weighted by atomic mass is 10.1. The predicted octanol–water partition coefficient (Wildman–Crippen LogP) is 4.39. The minimum Gasteiger partial charge on any atom is -0.444 e. The van der Waals surface area contributed by atoms with E-state index in [0.717, 1.165) is 11.3 Å². The van der Waals surface area contributed by atoms with Gasteiger partial charge < -0.3 is 10.5 Å². The number of nitrogen functional groups attached to an aromatic ring is 1. The van der Waals surface area contributed by atoms with Gasteiger partial charge in [0.15, 0.2) is 5.13 Å². The molecule has 7 heteroatoms. The summed E-state index contributed by atoms with van der Waals surface area (Å²) in [5.41, 5.74) is 7.08. The molecular formula is C14H16ClN3O2S. The third-order valence-corrected chi connectivity index (χ3v) is 3.42. The van der Waals surface area contributed by atoms with Gasteiger partial charge in [0.05, 0.1) is 16.4 Å². The molecule has 2 rings (SSSR count). The van der Waals surface area contributed by atoms with Crippen LogP contribution < -0.4 is 11.1 Å². The van der Waals surface area contributed by atoms with Crippen LogP contribution in [0.4, 0.5) is 15.6 Å². The highest BCUT2D eigenvalue weighted by atomic mass is 35.5. The second-order valence-corrected chi connectivity index (χ2v) is 6.69. The number of ether oxygens (including phenoxy) is 1. The van der Waals surface area contributed by atoms with Crippen LogP contribution in [0.2, 0.25) is 5.02 Å². The lowest BCUT2D eigenvalue weighted by molar-refractivity contribution is 0.0636. The molecule has 0 saturated heterocycles. The van der Waals surface area contributed by atoms with E-state index in [1.165, 1.54) is 11.3 Å². The Kier molecular flexibility index (Phi) is 4.39. The molecule has 1 aromatic carbocycles. The maximum atomic E-state index is 11.8. The molecule has 21 heavy (non-hydrogen) atoms. The summed E-state index contributed by atoms with van der Waals surface area (Å²) in [4.78, 5) is 16.0. The smallest absolute Gasteiger partial charge is 0.412 e. The Balaban J connectivity index is 2.22. The number of amides is 1. The van der Waals surface area contributed by atoms with Crippen LogP contribution in [0.3, 0.4) is 0 Å². The number of nitrogens with zero attached hydrogens (tertiary/aromatic N) is 1. The molecule has 0 fully saturated rings. The Bertz CT molecular complexity index is 664. The van der Waals surface area contributed by atoms with Crippen molar-refractivity contribution in [1.82, 2.24) is 4.98 Å². The van der Waals surface area contributed by atoms with Gasteiger partial charge in [0.25, 0.3) is 0 Å². The van der Waals surface area contributed by atoms with Crippen LogP contribution in [-0.4, -0.2) is 16.7 Å². The predicted molar refractivity (Wildman–Crippen MR) is 86.8 cm³/mol. The van der Waals surface area contributed by atoms with E-state index < -0.39 is 11.7 Å². The fourth-order valence-corrected chi connectivity index (χ4v) is 2.35.